The first-order chi connectivity index (χ1) is 13.4. The van der Waals surface area contributed by atoms with E-state index in [0.717, 1.165) is 11.8 Å². The van der Waals surface area contributed by atoms with Crippen LogP contribution in [0.2, 0.25) is 0 Å². The molecular formula is C18H19FN6O2S. The van der Waals surface area contributed by atoms with Crippen molar-refractivity contribution in [2.45, 2.75) is 11.8 Å². The lowest BCUT2D eigenvalue weighted by Crippen LogP contribution is -2.29. The fourth-order valence-corrected chi connectivity index (χ4v) is 3.68. The molecule has 2 aromatic heterocycles. The van der Waals surface area contributed by atoms with Gasteiger partial charge in [0.2, 0.25) is 10.0 Å². The summed E-state index contributed by atoms with van der Waals surface area (Å²) < 4.78 is 40.3. The molecule has 2 heterocycles. The van der Waals surface area contributed by atoms with Crippen molar-refractivity contribution in [3.05, 3.63) is 66.2 Å². The van der Waals surface area contributed by atoms with Gasteiger partial charge >= 0.3 is 0 Å². The number of benzene rings is 1. The average molecular weight is 402 g/mol. The molecule has 0 saturated heterocycles. The third kappa shape index (κ3) is 5.21. The summed E-state index contributed by atoms with van der Waals surface area (Å²) in [6.45, 7) is 2.01. The Morgan fingerprint density at radius 2 is 1.82 bits per heavy atom. The molecule has 0 aliphatic heterocycles. The van der Waals surface area contributed by atoms with Gasteiger partial charge in [0.25, 0.3) is 0 Å². The van der Waals surface area contributed by atoms with Gasteiger partial charge in [-0.2, -0.15) is 0 Å². The van der Waals surface area contributed by atoms with Crippen molar-refractivity contribution in [1.29, 1.82) is 0 Å². The molecule has 3 rings (SSSR count). The van der Waals surface area contributed by atoms with Crippen molar-refractivity contribution in [1.82, 2.24) is 19.9 Å². The quantitative estimate of drug-likeness (QED) is 0.497. The van der Waals surface area contributed by atoms with Crippen LogP contribution < -0.4 is 15.4 Å². The minimum Gasteiger partial charge on any atom is -0.367 e. The van der Waals surface area contributed by atoms with Gasteiger partial charge in [0.15, 0.2) is 5.82 Å². The van der Waals surface area contributed by atoms with Crippen molar-refractivity contribution in [2.24, 2.45) is 0 Å². The molecule has 0 spiro atoms. The maximum absolute atomic E-state index is 13.3. The Bertz CT molecular complexity index is 1030. The highest BCUT2D eigenvalue weighted by atomic mass is 32.2. The van der Waals surface area contributed by atoms with E-state index in [4.69, 9.17) is 0 Å². The van der Waals surface area contributed by atoms with Gasteiger partial charge in [-0.3, -0.25) is 4.98 Å². The Morgan fingerprint density at radius 3 is 2.54 bits per heavy atom. The molecule has 8 nitrogen and oxygen atoms in total. The number of nitrogens with one attached hydrogen (secondary N) is 3. The second-order valence-electron chi connectivity index (χ2n) is 5.90. The van der Waals surface area contributed by atoms with Crippen molar-refractivity contribution >= 4 is 27.3 Å². The Hall–Kier alpha value is -3.11. The highest BCUT2D eigenvalue weighted by Crippen LogP contribution is 2.16. The molecule has 0 aliphatic carbocycles. The zero-order valence-corrected chi connectivity index (χ0v) is 15.9. The lowest BCUT2D eigenvalue weighted by molar-refractivity contribution is 0.578. The van der Waals surface area contributed by atoms with Gasteiger partial charge in [-0.15, -0.1) is 10.2 Å². The van der Waals surface area contributed by atoms with Crippen LogP contribution in [0, 0.1) is 12.7 Å². The highest BCUT2D eigenvalue weighted by molar-refractivity contribution is 7.89. The minimum absolute atomic E-state index is 0.0712. The van der Waals surface area contributed by atoms with Gasteiger partial charge in [-0.05, 0) is 48.9 Å². The van der Waals surface area contributed by atoms with Crippen molar-refractivity contribution in [2.75, 3.05) is 23.7 Å². The molecule has 0 fully saturated rings. The van der Waals surface area contributed by atoms with E-state index in [1.165, 1.54) is 12.1 Å². The summed E-state index contributed by atoms with van der Waals surface area (Å²) in [6, 6.07) is 10.8. The van der Waals surface area contributed by atoms with Gasteiger partial charge in [-0.25, -0.2) is 17.5 Å². The Morgan fingerprint density at radius 1 is 1.04 bits per heavy atom. The topological polar surface area (TPSA) is 109 Å². The van der Waals surface area contributed by atoms with E-state index < -0.39 is 15.8 Å². The first-order valence-corrected chi connectivity index (χ1v) is 9.93. The average Bonchev–Trinajstić information content (AvgIpc) is 2.69. The van der Waals surface area contributed by atoms with Crippen LogP contribution in [-0.4, -0.2) is 36.7 Å². The molecule has 146 valence electrons. The summed E-state index contributed by atoms with van der Waals surface area (Å²) in [4.78, 5) is 3.93. The zero-order valence-electron chi connectivity index (χ0n) is 15.1. The van der Waals surface area contributed by atoms with Crippen LogP contribution in [-0.2, 0) is 10.0 Å². The van der Waals surface area contributed by atoms with Gasteiger partial charge in [0.05, 0.1) is 16.8 Å². The summed E-state index contributed by atoms with van der Waals surface area (Å²) in [5.41, 5.74) is 1.27. The monoisotopic (exact) mass is 402 g/mol. The Labute approximate surface area is 162 Å². The summed E-state index contributed by atoms with van der Waals surface area (Å²) in [6.07, 6.45) is 3.34. The molecule has 0 saturated carbocycles. The van der Waals surface area contributed by atoms with E-state index in [9.17, 15) is 12.8 Å². The van der Waals surface area contributed by atoms with Crippen LogP contribution in [0.15, 0.2) is 59.8 Å². The van der Waals surface area contributed by atoms with Crippen LogP contribution in [0.25, 0.3) is 0 Å². The largest absolute Gasteiger partial charge is 0.367 e. The summed E-state index contributed by atoms with van der Waals surface area (Å²) in [5, 5.41) is 14.1. The number of halogens is 1. The van der Waals surface area contributed by atoms with Crippen LogP contribution in [0.4, 0.5) is 21.7 Å². The molecule has 0 amide bonds. The van der Waals surface area contributed by atoms with E-state index in [1.807, 2.05) is 6.07 Å². The Balaban J connectivity index is 1.50. The predicted octanol–water partition coefficient (Wildman–Crippen LogP) is 2.45. The van der Waals surface area contributed by atoms with Crippen LogP contribution in [0.5, 0.6) is 0 Å². The van der Waals surface area contributed by atoms with E-state index in [2.05, 4.69) is 30.5 Å². The number of aromatic nitrogens is 3. The highest BCUT2D eigenvalue weighted by Gasteiger charge is 2.16. The maximum Gasteiger partial charge on any atom is 0.240 e. The molecule has 0 aliphatic rings. The smallest absolute Gasteiger partial charge is 0.240 e. The van der Waals surface area contributed by atoms with E-state index in [1.54, 1.807) is 37.5 Å². The van der Waals surface area contributed by atoms with Crippen LogP contribution in [0.3, 0.4) is 0 Å². The van der Waals surface area contributed by atoms with Gasteiger partial charge in [-0.1, -0.05) is 6.07 Å². The second-order valence-corrected chi connectivity index (χ2v) is 7.64. The molecule has 0 unspecified atom stereocenters. The maximum atomic E-state index is 13.3. The second kappa shape index (κ2) is 8.72. The third-order valence-electron chi connectivity index (χ3n) is 3.76. The number of nitrogens with zero attached hydrogens (tertiary/aromatic N) is 3. The number of hydrogen-bond donors (Lipinski definition) is 3. The molecular weight excluding hydrogens is 383 g/mol. The van der Waals surface area contributed by atoms with Crippen molar-refractivity contribution in [3.8, 4) is 0 Å². The van der Waals surface area contributed by atoms with E-state index >= 15 is 0 Å². The van der Waals surface area contributed by atoms with Crippen molar-refractivity contribution in [3.63, 3.8) is 0 Å². The molecule has 0 bridgehead atoms. The molecule has 1 aromatic carbocycles. The fourth-order valence-electron chi connectivity index (χ4n) is 2.39. The number of anilines is 3. The standard InChI is InChI=1S/C18H19FN6O2S/c1-13-4-5-14(19)11-16(13)28(26,27)22-10-9-21-17-6-7-18(25-24-17)23-15-3-2-8-20-12-15/h2-8,11-12,22H,9-10H2,1H3,(H,21,24)(H,23,25). The molecule has 0 radical (unpaired) electrons. The van der Waals surface area contributed by atoms with Gasteiger partial charge in [0, 0.05) is 19.3 Å². The fraction of sp³-hybridized carbons (Fsp3) is 0.167. The Kier molecular flexibility index (Phi) is 6.12. The van der Waals surface area contributed by atoms with Crippen molar-refractivity contribution < 1.29 is 12.8 Å². The summed E-state index contributed by atoms with van der Waals surface area (Å²) in [7, 11) is -3.79. The number of aryl methyl sites for hydroxylation is 1. The molecule has 10 heteroatoms. The number of sulfonamides is 1. The lowest BCUT2D eigenvalue weighted by atomic mass is 10.2. The minimum atomic E-state index is -3.79. The summed E-state index contributed by atoms with van der Waals surface area (Å²) in [5.74, 6) is 0.457. The van der Waals surface area contributed by atoms with Crippen LogP contribution >= 0.6 is 0 Å². The van der Waals surface area contributed by atoms with Gasteiger partial charge < -0.3 is 10.6 Å². The zero-order chi connectivity index (χ0) is 20.0. The third-order valence-corrected chi connectivity index (χ3v) is 5.36. The SMILES string of the molecule is Cc1ccc(F)cc1S(=O)(=O)NCCNc1ccc(Nc2cccnc2)nn1. The molecule has 0 atom stereocenters. The first kappa shape index (κ1) is 19.6. The number of pyridine rings is 1. The van der Waals surface area contributed by atoms with E-state index in [-0.39, 0.29) is 18.0 Å². The van der Waals surface area contributed by atoms with E-state index in [0.29, 0.717) is 17.2 Å². The predicted molar refractivity (Wildman–Crippen MR) is 104 cm³/mol. The number of rotatable bonds is 8. The van der Waals surface area contributed by atoms with Gasteiger partial charge in [0.1, 0.15) is 11.6 Å². The number of hydrogen-bond acceptors (Lipinski definition) is 7. The molecule has 28 heavy (non-hydrogen) atoms. The first-order valence-electron chi connectivity index (χ1n) is 8.44. The lowest BCUT2D eigenvalue weighted by Gasteiger charge is -2.10. The summed E-state index contributed by atoms with van der Waals surface area (Å²) >= 11 is 0. The normalized spacial score (nSPS) is 11.2. The van der Waals surface area contributed by atoms with Crippen LogP contribution in [0.1, 0.15) is 5.56 Å². The molecule has 3 N–H and O–H groups in total. The molecule has 3 aromatic rings.